The van der Waals surface area contributed by atoms with E-state index in [0.717, 1.165) is 12.8 Å². The van der Waals surface area contributed by atoms with Crippen LogP contribution in [0.1, 0.15) is 96.8 Å². The highest BCUT2D eigenvalue weighted by molar-refractivity contribution is 7.85. The van der Waals surface area contributed by atoms with Crippen LogP contribution in [0.2, 0.25) is 0 Å². The van der Waals surface area contributed by atoms with Crippen LogP contribution in [-0.4, -0.2) is 18.7 Å². The Hall–Kier alpha value is -0.350. The molecule has 0 aliphatic carbocycles. The lowest BCUT2D eigenvalue weighted by Crippen LogP contribution is -1.99. The molecule has 0 saturated carbocycles. The molecule has 0 amide bonds. The highest BCUT2D eigenvalue weighted by Crippen LogP contribution is 2.12. The van der Waals surface area contributed by atoms with Crippen LogP contribution in [0.25, 0.3) is 0 Å². The lowest BCUT2D eigenvalue weighted by atomic mass is 10.0. The molecule has 0 saturated heterocycles. The first-order valence-electron chi connectivity index (χ1n) is 9.16. The zero-order chi connectivity index (χ0) is 16.5. The normalized spacial score (nSPS) is 12.3. The standard InChI is InChI=1S/C18H36O3S/c1-2-3-4-5-6-7-8-9-10-11-12-13-14-15-16-17-18-22(19,20)21/h16-17H,2-15,18H2,1H3,(H,19,20,21)/b17-16+. The van der Waals surface area contributed by atoms with Gasteiger partial charge in [0.1, 0.15) is 0 Å². The first-order chi connectivity index (χ1) is 10.6. The fourth-order valence-corrected chi connectivity index (χ4v) is 2.97. The van der Waals surface area contributed by atoms with Gasteiger partial charge in [0, 0.05) is 0 Å². The van der Waals surface area contributed by atoms with Gasteiger partial charge in [0.15, 0.2) is 0 Å². The summed E-state index contributed by atoms with van der Waals surface area (Å²) < 4.78 is 29.5. The third kappa shape index (κ3) is 19.7. The third-order valence-corrected chi connectivity index (χ3v) is 4.56. The largest absolute Gasteiger partial charge is 0.285 e. The van der Waals surface area contributed by atoms with Crippen molar-refractivity contribution in [3.8, 4) is 0 Å². The molecule has 0 fully saturated rings. The molecule has 0 heterocycles. The number of hydrogen-bond acceptors (Lipinski definition) is 2. The second-order valence-electron chi connectivity index (χ2n) is 6.25. The Morgan fingerprint density at radius 2 is 1.09 bits per heavy atom. The van der Waals surface area contributed by atoms with Crippen LogP contribution in [0.4, 0.5) is 0 Å². The minimum atomic E-state index is -3.83. The molecular weight excluding hydrogens is 296 g/mol. The molecule has 0 aliphatic heterocycles. The highest BCUT2D eigenvalue weighted by Gasteiger charge is 1.98. The molecule has 0 unspecified atom stereocenters. The summed E-state index contributed by atoms with van der Waals surface area (Å²) in [6.45, 7) is 2.26. The van der Waals surface area contributed by atoms with Crippen molar-refractivity contribution in [2.24, 2.45) is 0 Å². The number of rotatable bonds is 16. The van der Waals surface area contributed by atoms with Gasteiger partial charge in [0.25, 0.3) is 10.1 Å². The van der Waals surface area contributed by atoms with Crippen LogP contribution in [0, 0.1) is 0 Å². The molecule has 0 bridgehead atoms. The van der Waals surface area contributed by atoms with Crippen LogP contribution >= 0.6 is 0 Å². The van der Waals surface area contributed by atoms with Crippen LogP contribution < -0.4 is 0 Å². The smallest absolute Gasteiger partial charge is 0.268 e. The van der Waals surface area contributed by atoms with Crippen LogP contribution in [0.15, 0.2) is 12.2 Å². The summed E-state index contributed by atoms with van der Waals surface area (Å²) in [7, 11) is -3.83. The molecule has 22 heavy (non-hydrogen) atoms. The van der Waals surface area contributed by atoms with E-state index in [1.54, 1.807) is 0 Å². The Labute approximate surface area is 138 Å². The van der Waals surface area contributed by atoms with Crippen molar-refractivity contribution in [2.75, 3.05) is 5.75 Å². The van der Waals surface area contributed by atoms with Crippen molar-refractivity contribution in [2.45, 2.75) is 96.8 Å². The minimum Gasteiger partial charge on any atom is -0.285 e. The quantitative estimate of drug-likeness (QED) is 0.217. The van der Waals surface area contributed by atoms with Crippen molar-refractivity contribution < 1.29 is 13.0 Å². The summed E-state index contributed by atoms with van der Waals surface area (Å²) in [6, 6.07) is 0. The Kier molecular flexibility index (Phi) is 15.3. The first kappa shape index (κ1) is 21.6. The molecule has 3 nitrogen and oxygen atoms in total. The predicted molar refractivity (Wildman–Crippen MR) is 95.9 cm³/mol. The Morgan fingerprint density at radius 3 is 1.50 bits per heavy atom. The zero-order valence-corrected chi connectivity index (χ0v) is 15.2. The van der Waals surface area contributed by atoms with Gasteiger partial charge in [-0.1, -0.05) is 96.1 Å². The van der Waals surface area contributed by atoms with Gasteiger partial charge in [-0.25, -0.2) is 0 Å². The van der Waals surface area contributed by atoms with Crippen LogP contribution in [0.5, 0.6) is 0 Å². The number of allylic oxidation sites excluding steroid dienone is 1. The van der Waals surface area contributed by atoms with E-state index >= 15 is 0 Å². The van der Waals surface area contributed by atoms with E-state index in [4.69, 9.17) is 4.55 Å². The van der Waals surface area contributed by atoms with Crippen molar-refractivity contribution in [3.05, 3.63) is 12.2 Å². The van der Waals surface area contributed by atoms with Gasteiger partial charge < -0.3 is 0 Å². The van der Waals surface area contributed by atoms with E-state index in [1.165, 1.54) is 83.1 Å². The van der Waals surface area contributed by atoms with Crippen LogP contribution in [0.3, 0.4) is 0 Å². The highest BCUT2D eigenvalue weighted by atomic mass is 32.2. The van der Waals surface area contributed by atoms with E-state index in [9.17, 15) is 8.42 Å². The Bertz CT molecular complexity index is 347. The molecule has 132 valence electrons. The summed E-state index contributed by atoms with van der Waals surface area (Å²) >= 11 is 0. The summed E-state index contributed by atoms with van der Waals surface area (Å²) in [6.07, 6.45) is 21.7. The maximum Gasteiger partial charge on any atom is 0.268 e. The lowest BCUT2D eigenvalue weighted by Gasteiger charge is -2.02. The molecule has 0 rings (SSSR count). The van der Waals surface area contributed by atoms with Gasteiger partial charge in [-0.15, -0.1) is 0 Å². The summed E-state index contributed by atoms with van der Waals surface area (Å²) in [5.41, 5.74) is 0. The monoisotopic (exact) mass is 332 g/mol. The van der Waals surface area contributed by atoms with Gasteiger partial charge in [0.2, 0.25) is 0 Å². The molecule has 0 radical (unpaired) electrons. The van der Waals surface area contributed by atoms with Gasteiger partial charge >= 0.3 is 0 Å². The van der Waals surface area contributed by atoms with Crippen molar-refractivity contribution in [3.63, 3.8) is 0 Å². The van der Waals surface area contributed by atoms with Crippen LogP contribution in [-0.2, 0) is 10.1 Å². The Balaban J connectivity index is 3.11. The average molecular weight is 333 g/mol. The molecule has 0 aromatic carbocycles. The van der Waals surface area contributed by atoms with Crippen molar-refractivity contribution >= 4 is 10.1 Å². The molecule has 0 aromatic rings. The third-order valence-electron chi connectivity index (χ3n) is 3.95. The maximum atomic E-state index is 10.5. The maximum absolute atomic E-state index is 10.5. The average Bonchev–Trinajstić information content (AvgIpc) is 2.45. The summed E-state index contributed by atoms with van der Waals surface area (Å²) in [4.78, 5) is 0. The zero-order valence-electron chi connectivity index (χ0n) is 14.4. The molecule has 1 N–H and O–H groups in total. The van der Waals surface area contributed by atoms with Gasteiger partial charge in [0.05, 0.1) is 5.75 Å². The predicted octanol–water partition coefficient (Wildman–Crippen LogP) is 5.91. The minimum absolute atomic E-state index is 0.258. The first-order valence-corrected chi connectivity index (χ1v) is 10.8. The lowest BCUT2D eigenvalue weighted by molar-refractivity contribution is 0.486. The van der Waals surface area contributed by atoms with Gasteiger partial charge in [-0.2, -0.15) is 8.42 Å². The number of unbranched alkanes of at least 4 members (excludes halogenated alkanes) is 13. The molecule has 0 aromatic heterocycles. The molecule has 0 spiro atoms. The number of hydrogen-bond donors (Lipinski definition) is 1. The van der Waals surface area contributed by atoms with Crippen molar-refractivity contribution in [1.29, 1.82) is 0 Å². The van der Waals surface area contributed by atoms with Crippen molar-refractivity contribution in [1.82, 2.24) is 0 Å². The molecule has 0 atom stereocenters. The topological polar surface area (TPSA) is 54.4 Å². The molecular formula is C18H36O3S. The van der Waals surface area contributed by atoms with E-state index in [2.05, 4.69) is 6.92 Å². The van der Waals surface area contributed by atoms with E-state index in [0.29, 0.717) is 0 Å². The molecule has 4 heteroatoms. The summed E-state index contributed by atoms with van der Waals surface area (Å²) in [5.74, 6) is -0.258. The fraction of sp³-hybridized carbons (Fsp3) is 0.889. The summed E-state index contributed by atoms with van der Waals surface area (Å²) in [5, 5.41) is 0. The fourth-order valence-electron chi connectivity index (χ4n) is 2.59. The second kappa shape index (κ2) is 15.5. The van der Waals surface area contributed by atoms with E-state index < -0.39 is 10.1 Å². The van der Waals surface area contributed by atoms with E-state index in [1.807, 2.05) is 6.08 Å². The van der Waals surface area contributed by atoms with E-state index in [-0.39, 0.29) is 5.75 Å². The van der Waals surface area contributed by atoms with Gasteiger partial charge in [-0.3, -0.25) is 4.55 Å². The van der Waals surface area contributed by atoms with Gasteiger partial charge in [-0.05, 0) is 12.8 Å². The second-order valence-corrected chi connectivity index (χ2v) is 7.75. The Morgan fingerprint density at radius 1 is 0.682 bits per heavy atom. The SMILES string of the molecule is CCCCCCCCCCCCCCC/C=C/CS(=O)(=O)O. The molecule has 0 aliphatic rings.